The third-order valence-corrected chi connectivity index (χ3v) is 4.47. The van der Waals surface area contributed by atoms with Crippen molar-refractivity contribution in [2.75, 3.05) is 12.8 Å². The maximum Gasteiger partial charge on any atom is 0.131 e. The Kier molecular flexibility index (Phi) is 3.28. The largest absolute Gasteiger partial charge is 0.496 e. The molecule has 2 aromatic carbocycles. The number of anilines is 1. The van der Waals surface area contributed by atoms with Crippen molar-refractivity contribution in [3.63, 3.8) is 0 Å². The number of nitrogens with zero attached hydrogens (tertiary/aromatic N) is 1. The van der Waals surface area contributed by atoms with Gasteiger partial charge < -0.3 is 10.5 Å². The van der Waals surface area contributed by atoms with E-state index in [4.69, 9.17) is 22.1 Å². The lowest BCUT2D eigenvalue weighted by atomic mass is 10.2. The summed E-state index contributed by atoms with van der Waals surface area (Å²) in [5.41, 5.74) is 9.37. The molecule has 0 aliphatic carbocycles. The van der Waals surface area contributed by atoms with E-state index in [-0.39, 0.29) is 0 Å². The number of aromatic nitrogens is 1. The van der Waals surface area contributed by atoms with Crippen LogP contribution in [0.1, 0.15) is 5.56 Å². The van der Waals surface area contributed by atoms with Gasteiger partial charge in [-0.1, -0.05) is 17.7 Å². The fourth-order valence-electron chi connectivity index (χ4n) is 2.05. The molecule has 102 valence electrons. The van der Waals surface area contributed by atoms with Crippen molar-refractivity contribution in [2.24, 2.45) is 0 Å². The maximum atomic E-state index is 6.11. The van der Waals surface area contributed by atoms with Crippen LogP contribution in [0.4, 0.5) is 5.69 Å². The molecule has 3 rings (SSSR count). The number of hydrogen-bond acceptors (Lipinski definition) is 4. The zero-order chi connectivity index (χ0) is 14.3. The average molecular weight is 305 g/mol. The van der Waals surface area contributed by atoms with E-state index in [0.717, 1.165) is 20.8 Å². The van der Waals surface area contributed by atoms with Gasteiger partial charge in [-0.2, -0.15) is 0 Å². The highest BCUT2D eigenvalue weighted by Crippen LogP contribution is 2.39. The highest BCUT2D eigenvalue weighted by Gasteiger charge is 2.14. The van der Waals surface area contributed by atoms with E-state index in [1.807, 2.05) is 6.07 Å². The van der Waals surface area contributed by atoms with E-state index in [1.165, 1.54) is 5.56 Å². The van der Waals surface area contributed by atoms with E-state index < -0.39 is 0 Å². The molecule has 2 N–H and O–H groups in total. The second-order valence-electron chi connectivity index (χ2n) is 4.56. The van der Waals surface area contributed by atoms with Crippen molar-refractivity contribution < 1.29 is 4.74 Å². The SMILES string of the molecule is COc1cc(N)c(Cl)cc1-c1nc2ccc(C)cc2s1. The third-order valence-electron chi connectivity index (χ3n) is 3.09. The minimum Gasteiger partial charge on any atom is -0.496 e. The molecule has 1 heterocycles. The molecular weight excluding hydrogens is 292 g/mol. The summed E-state index contributed by atoms with van der Waals surface area (Å²) in [6.07, 6.45) is 0. The zero-order valence-corrected chi connectivity index (χ0v) is 12.7. The number of thiazole rings is 1. The van der Waals surface area contributed by atoms with E-state index in [2.05, 4.69) is 24.0 Å². The Balaban J connectivity index is 2.22. The number of benzene rings is 2. The number of methoxy groups -OCH3 is 1. The smallest absolute Gasteiger partial charge is 0.131 e. The first kappa shape index (κ1) is 13.2. The first-order valence-electron chi connectivity index (χ1n) is 6.09. The lowest BCUT2D eigenvalue weighted by Gasteiger charge is -2.08. The molecule has 0 aliphatic rings. The molecule has 1 aromatic heterocycles. The average Bonchev–Trinajstić information content (AvgIpc) is 2.84. The van der Waals surface area contributed by atoms with Gasteiger partial charge in [-0.25, -0.2) is 4.98 Å². The van der Waals surface area contributed by atoms with Gasteiger partial charge in [0.25, 0.3) is 0 Å². The van der Waals surface area contributed by atoms with Crippen LogP contribution in [0.2, 0.25) is 5.02 Å². The van der Waals surface area contributed by atoms with Crippen molar-refractivity contribution >= 4 is 38.8 Å². The molecule has 3 nitrogen and oxygen atoms in total. The predicted octanol–water partition coefficient (Wildman–Crippen LogP) is 4.52. The van der Waals surface area contributed by atoms with Gasteiger partial charge in [0.15, 0.2) is 0 Å². The molecule has 5 heteroatoms. The summed E-state index contributed by atoms with van der Waals surface area (Å²) in [7, 11) is 1.61. The maximum absolute atomic E-state index is 6.11. The van der Waals surface area contributed by atoms with E-state index in [0.29, 0.717) is 16.5 Å². The molecule has 0 aliphatic heterocycles. The Labute approximate surface area is 126 Å². The van der Waals surface area contributed by atoms with Crippen LogP contribution in [-0.2, 0) is 0 Å². The normalized spacial score (nSPS) is 10.9. The molecule has 0 saturated heterocycles. The Morgan fingerprint density at radius 2 is 2.05 bits per heavy atom. The number of nitrogen functional groups attached to an aromatic ring is 1. The minimum atomic E-state index is 0.504. The number of aryl methyl sites for hydroxylation is 1. The zero-order valence-electron chi connectivity index (χ0n) is 11.1. The van der Waals surface area contributed by atoms with Crippen LogP contribution in [0.3, 0.4) is 0 Å². The van der Waals surface area contributed by atoms with Crippen LogP contribution in [-0.4, -0.2) is 12.1 Å². The molecule has 0 amide bonds. The summed E-state index contributed by atoms with van der Waals surface area (Å²) in [4.78, 5) is 4.64. The molecule has 0 atom stereocenters. The molecule has 0 spiro atoms. The van der Waals surface area contributed by atoms with Crippen molar-refractivity contribution in [3.8, 4) is 16.3 Å². The van der Waals surface area contributed by atoms with Crippen molar-refractivity contribution in [3.05, 3.63) is 40.9 Å². The summed E-state index contributed by atoms with van der Waals surface area (Å²) in [6, 6.07) is 9.74. The molecule has 0 bridgehead atoms. The highest BCUT2D eigenvalue weighted by molar-refractivity contribution is 7.21. The van der Waals surface area contributed by atoms with Crippen LogP contribution < -0.4 is 10.5 Å². The van der Waals surface area contributed by atoms with E-state index in [1.54, 1.807) is 30.6 Å². The van der Waals surface area contributed by atoms with Gasteiger partial charge in [-0.05, 0) is 30.7 Å². The van der Waals surface area contributed by atoms with Crippen LogP contribution >= 0.6 is 22.9 Å². The first-order valence-corrected chi connectivity index (χ1v) is 7.28. The van der Waals surface area contributed by atoms with Crippen molar-refractivity contribution in [1.82, 2.24) is 4.98 Å². The minimum absolute atomic E-state index is 0.504. The predicted molar refractivity (Wildman–Crippen MR) is 85.8 cm³/mol. The quantitative estimate of drug-likeness (QED) is 0.708. The van der Waals surface area contributed by atoms with Crippen molar-refractivity contribution in [2.45, 2.75) is 6.92 Å². The number of fused-ring (bicyclic) bond motifs is 1. The number of hydrogen-bond donors (Lipinski definition) is 1. The number of rotatable bonds is 2. The first-order chi connectivity index (χ1) is 9.58. The van der Waals surface area contributed by atoms with Crippen LogP contribution in [0.25, 0.3) is 20.8 Å². The molecule has 0 radical (unpaired) electrons. The summed E-state index contributed by atoms with van der Waals surface area (Å²) in [5, 5.41) is 1.39. The van der Waals surface area contributed by atoms with Crippen LogP contribution in [0.5, 0.6) is 5.75 Å². The second kappa shape index (κ2) is 4.96. The second-order valence-corrected chi connectivity index (χ2v) is 6.00. The molecule has 0 saturated carbocycles. The number of nitrogens with two attached hydrogens (primary N) is 1. The number of halogens is 1. The Hall–Kier alpha value is -1.78. The fraction of sp³-hybridized carbons (Fsp3) is 0.133. The van der Waals surface area contributed by atoms with Gasteiger partial charge in [-0.15, -0.1) is 11.3 Å². The van der Waals surface area contributed by atoms with Gasteiger partial charge in [0, 0.05) is 6.07 Å². The third kappa shape index (κ3) is 2.21. The molecule has 3 aromatic rings. The highest BCUT2D eigenvalue weighted by atomic mass is 35.5. The number of ether oxygens (including phenoxy) is 1. The van der Waals surface area contributed by atoms with Gasteiger partial charge in [0.2, 0.25) is 0 Å². The summed E-state index contributed by atoms with van der Waals surface area (Å²) >= 11 is 7.73. The topological polar surface area (TPSA) is 48.1 Å². The van der Waals surface area contributed by atoms with Crippen LogP contribution in [0, 0.1) is 6.92 Å². The standard InChI is InChI=1S/C15H13ClN2OS/c1-8-3-4-12-14(5-8)20-15(18-12)9-6-10(16)11(17)7-13(9)19-2/h3-7H,17H2,1-2H3. The van der Waals surface area contributed by atoms with Gasteiger partial charge in [0.05, 0.1) is 33.6 Å². The van der Waals surface area contributed by atoms with E-state index >= 15 is 0 Å². The fourth-order valence-corrected chi connectivity index (χ4v) is 3.30. The Bertz CT molecular complexity index is 798. The lowest BCUT2D eigenvalue weighted by Crippen LogP contribution is -1.92. The monoisotopic (exact) mass is 304 g/mol. The summed E-state index contributed by atoms with van der Waals surface area (Å²) in [5.74, 6) is 0.683. The Morgan fingerprint density at radius 3 is 2.80 bits per heavy atom. The molecular formula is C15H13ClN2OS. The Morgan fingerprint density at radius 1 is 1.25 bits per heavy atom. The van der Waals surface area contributed by atoms with Gasteiger partial charge in [-0.3, -0.25) is 0 Å². The summed E-state index contributed by atoms with van der Waals surface area (Å²) < 4.78 is 6.53. The molecule has 20 heavy (non-hydrogen) atoms. The molecule has 0 fully saturated rings. The molecule has 0 unspecified atom stereocenters. The van der Waals surface area contributed by atoms with Crippen LogP contribution in [0.15, 0.2) is 30.3 Å². The van der Waals surface area contributed by atoms with Gasteiger partial charge in [0.1, 0.15) is 10.8 Å². The summed E-state index contributed by atoms with van der Waals surface area (Å²) in [6.45, 7) is 2.07. The lowest BCUT2D eigenvalue weighted by molar-refractivity contribution is 0.416. The van der Waals surface area contributed by atoms with Crippen molar-refractivity contribution in [1.29, 1.82) is 0 Å². The van der Waals surface area contributed by atoms with E-state index in [9.17, 15) is 0 Å². The van der Waals surface area contributed by atoms with Gasteiger partial charge >= 0.3 is 0 Å².